The van der Waals surface area contributed by atoms with Gasteiger partial charge in [-0.1, -0.05) is 57.3 Å². The van der Waals surface area contributed by atoms with Gasteiger partial charge in [0.05, 0.1) is 10.8 Å². The predicted octanol–water partition coefficient (Wildman–Crippen LogP) is 5.78. The summed E-state index contributed by atoms with van der Waals surface area (Å²) in [6.45, 7) is 0. The van der Waals surface area contributed by atoms with Gasteiger partial charge in [-0.25, -0.2) is 9.97 Å². The van der Waals surface area contributed by atoms with Gasteiger partial charge in [-0.3, -0.25) is 0 Å². The third-order valence-corrected chi connectivity index (χ3v) is 5.81. The Bertz CT molecular complexity index is 622. The molecule has 1 unspecified atom stereocenters. The van der Waals surface area contributed by atoms with Crippen LogP contribution in [0.25, 0.3) is 11.1 Å². The molecule has 104 valence electrons. The van der Waals surface area contributed by atoms with Crippen LogP contribution in [0.4, 0.5) is 0 Å². The molecule has 0 N–H and O–H groups in total. The van der Waals surface area contributed by atoms with E-state index in [9.17, 15) is 0 Å². The van der Waals surface area contributed by atoms with Crippen LogP contribution in [0, 0.1) is 0 Å². The van der Waals surface area contributed by atoms with E-state index in [4.69, 9.17) is 23.2 Å². The molecule has 0 aliphatic carbocycles. The minimum absolute atomic E-state index is 0.318. The highest BCUT2D eigenvalue weighted by Crippen LogP contribution is 2.42. The second kappa shape index (κ2) is 6.22. The molecule has 0 radical (unpaired) electrons. The Morgan fingerprint density at radius 3 is 2.45 bits per heavy atom. The number of halogens is 3. The van der Waals surface area contributed by atoms with E-state index in [1.807, 2.05) is 36.0 Å². The lowest BCUT2D eigenvalue weighted by Crippen LogP contribution is -2.01. The van der Waals surface area contributed by atoms with Gasteiger partial charge in [-0.2, -0.15) is 11.8 Å². The van der Waals surface area contributed by atoms with Crippen LogP contribution in [0.3, 0.4) is 0 Å². The van der Waals surface area contributed by atoms with Gasteiger partial charge in [-0.05, 0) is 24.7 Å². The Hall–Kier alpha value is -0.290. The number of benzene rings is 1. The summed E-state index contributed by atoms with van der Waals surface area (Å²) in [5, 5.41) is 1.15. The Kier molecular flexibility index (Phi) is 4.55. The van der Waals surface area contributed by atoms with E-state index in [1.54, 1.807) is 0 Å². The van der Waals surface area contributed by atoms with Crippen molar-refractivity contribution in [2.24, 2.45) is 0 Å². The highest BCUT2D eigenvalue weighted by atomic mass is 79.9. The molecule has 0 bridgehead atoms. The molecule has 1 aliphatic heterocycles. The van der Waals surface area contributed by atoms with Gasteiger partial charge in [0, 0.05) is 10.0 Å². The van der Waals surface area contributed by atoms with Gasteiger partial charge in [-0.15, -0.1) is 0 Å². The molecule has 1 saturated heterocycles. The van der Waals surface area contributed by atoms with Gasteiger partial charge < -0.3 is 0 Å². The Morgan fingerprint density at radius 1 is 1.15 bits per heavy atom. The summed E-state index contributed by atoms with van der Waals surface area (Å²) in [5.74, 6) is 1.90. The zero-order chi connectivity index (χ0) is 14.1. The molecule has 1 aromatic carbocycles. The third-order valence-electron chi connectivity index (χ3n) is 3.20. The first-order valence-electron chi connectivity index (χ1n) is 6.26. The van der Waals surface area contributed by atoms with Crippen molar-refractivity contribution in [1.29, 1.82) is 0 Å². The van der Waals surface area contributed by atoms with Crippen molar-refractivity contribution >= 4 is 50.9 Å². The van der Waals surface area contributed by atoms with Gasteiger partial charge in [0.2, 0.25) is 0 Å². The molecular formula is C14H11BrCl2N2S. The highest BCUT2D eigenvalue weighted by molar-refractivity contribution is 9.10. The molecule has 1 atom stereocenters. The molecular weight excluding hydrogens is 379 g/mol. The largest absolute Gasteiger partial charge is 0.219 e. The molecule has 1 fully saturated rings. The smallest absolute Gasteiger partial charge is 0.144 e. The summed E-state index contributed by atoms with van der Waals surface area (Å²) in [6, 6.07) is 7.78. The molecule has 1 aliphatic rings. The lowest BCUT2D eigenvalue weighted by molar-refractivity contribution is 0.777. The van der Waals surface area contributed by atoms with E-state index in [1.165, 1.54) is 6.42 Å². The summed E-state index contributed by atoms with van der Waals surface area (Å²) < 4.78 is 0.926. The van der Waals surface area contributed by atoms with E-state index in [0.29, 0.717) is 21.1 Å². The maximum atomic E-state index is 6.35. The third kappa shape index (κ3) is 2.84. The molecule has 6 heteroatoms. The fourth-order valence-electron chi connectivity index (χ4n) is 2.23. The van der Waals surface area contributed by atoms with E-state index in [0.717, 1.165) is 28.0 Å². The van der Waals surface area contributed by atoms with Crippen molar-refractivity contribution in [3.05, 3.63) is 44.9 Å². The molecule has 0 amide bonds. The fraction of sp³-hybridized carbons (Fsp3) is 0.286. The van der Waals surface area contributed by atoms with Crippen LogP contribution in [0.1, 0.15) is 23.9 Å². The normalized spacial score (nSPS) is 18.4. The summed E-state index contributed by atoms with van der Waals surface area (Å²) in [5.41, 5.74) is 1.60. The highest BCUT2D eigenvalue weighted by Gasteiger charge is 2.23. The van der Waals surface area contributed by atoms with Crippen molar-refractivity contribution in [3.63, 3.8) is 0 Å². The maximum absolute atomic E-state index is 6.35. The minimum Gasteiger partial charge on any atom is -0.219 e. The SMILES string of the molecule is Clc1nc(C2CCCS2)nc(Cl)c1-c1ccccc1Br. The second-order valence-corrected chi connectivity index (χ2v) is 7.40. The Morgan fingerprint density at radius 2 is 1.85 bits per heavy atom. The average Bonchev–Trinajstić information content (AvgIpc) is 2.94. The number of nitrogens with zero attached hydrogens (tertiary/aromatic N) is 2. The first-order chi connectivity index (χ1) is 9.66. The van der Waals surface area contributed by atoms with Crippen molar-refractivity contribution in [3.8, 4) is 11.1 Å². The van der Waals surface area contributed by atoms with Crippen LogP contribution >= 0.6 is 50.9 Å². The molecule has 0 spiro atoms. The van der Waals surface area contributed by atoms with E-state index < -0.39 is 0 Å². The van der Waals surface area contributed by atoms with Crippen molar-refractivity contribution in [2.45, 2.75) is 18.1 Å². The second-order valence-electron chi connectivity index (χ2n) is 4.52. The van der Waals surface area contributed by atoms with Gasteiger partial charge in [0.25, 0.3) is 0 Å². The standard InChI is InChI=1S/C14H11BrCl2N2S/c15-9-5-2-1-4-8(9)11-12(16)18-14(19-13(11)17)10-6-3-7-20-10/h1-2,4-5,10H,3,6-7H2. The predicted molar refractivity (Wildman–Crippen MR) is 89.6 cm³/mol. The summed E-state index contributed by atoms with van der Waals surface area (Å²) in [7, 11) is 0. The number of rotatable bonds is 2. The van der Waals surface area contributed by atoms with Crippen LogP contribution in [0.2, 0.25) is 10.3 Å². The topological polar surface area (TPSA) is 25.8 Å². The van der Waals surface area contributed by atoms with Crippen LogP contribution in [0.5, 0.6) is 0 Å². The molecule has 2 heterocycles. The number of thioether (sulfide) groups is 1. The lowest BCUT2D eigenvalue weighted by atomic mass is 10.1. The summed E-state index contributed by atoms with van der Waals surface area (Å²) in [4.78, 5) is 8.92. The Balaban J connectivity index is 2.07. The van der Waals surface area contributed by atoms with Crippen LogP contribution in [0.15, 0.2) is 28.7 Å². The van der Waals surface area contributed by atoms with Crippen LogP contribution < -0.4 is 0 Å². The molecule has 2 nitrogen and oxygen atoms in total. The Labute approximate surface area is 140 Å². The van der Waals surface area contributed by atoms with E-state index >= 15 is 0 Å². The first kappa shape index (κ1) is 14.6. The average molecular weight is 390 g/mol. The zero-order valence-corrected chi connectivity index (χ0v) is 14.4. The van der Waals surface area contributed by atoms with E-state index in [2.05, 4.69) is 25.9 Å². The van der Waals surface area contributed by atoms with Gasteiger partial charge in [0.1, 0.15) is 16.1 Å². The zero-order valence-electron chi connectivity index (χ0n) is 10.4. The number of hydrogen-bond acceptors (Lipinski definition) is 3. The molecule has 2 aromatic rings. The maximum Gasteiger partial charge on any atom is 0.144 e. The van der Waals surface area contributed by atoms with Crippen molar-refractivity contribution < 1.29 is 0 Å². The van der Waals surface area contributed by atoms with Gasteiger partial charge >= 0.3 is 0 Å². The minimum atomic E-state index is 0.318. The van der Waals surface area contributed by atoms with Crippen LogP contribution in [-0.2, 0) is 0 Å². The number of hydrogen-bond donors (Lipinski definition) is 0. The molecule has 1 aromatic heterocycles. The van der Waals surface area contributed by atoms with Crippen molar-refractivity contribution in [1.82, 2.24) is 9.97 Å². The first-order valence-corrected chi connectivity index (χ1v) is 8.86. The van der Waals surface area contributed by atoms with Gasteiger partial charge in [0.15, 0.2) is 0 Å². The molecule has 3 rings (SSSR count). The lowest BCUT2D eigenvalue weighted by Gasteiger charge is -2.12. The fourth-order valence-corrected chi connectivity index (χ4v) is 4.53. The summed E-state index contributed by atoms with van der Waals surface area (Å²) in [6.07, 6.45) is 2.28. The summed E-state index contributed by atoms with van der Waals surface area (Å²) >= 11 is 18.1. The van der Waals surface area contributed by atoms with Crippen LogP contribution in [-0.4, -0.2) is 15.7 Å². The molecule has 0 saturated carbocycles. The number of aromatic nitrogens is 2. The molecule has 20 heavy (non-hydrogen) atoms. The quantitative estimate of drug-likeness (QED) is 0.608. The monoisotopic (exact) mass is 388 g/mol. The van der Waals surface area contributed by atoms with Crippen molar-refractivity contribution in [2.75, 3.05) is 5.75 Å². The van der Waals surface area contributed by atoms with E-state index in [-0.39, 0.29) is 0 Å².